The molecule has 1 saturated carbocycles. The summed E-state index contributed by atoms with van der Waals surface area (Å²) in [5.74, 6) is 0.704. The molecule has 2 fully saturated rings. The van der Waals surface area contributed by atoms with Crippen LogP contribution in [0.1, 0.15) is 49.0 Å². The van der Waals surface area contributed by atoms with Gasteiger partial charge in [-0.1, -0.05) is 19.3 Å². The number of carbonyl (C=O) groups is 2. The van der Waals surface area contributed by atoms with Crippen molar-refractivity contribution in [1.82, 2.24) is 15.2 Å². The van der Waals surface area contributed by atoms with Crippen LogP contribution in [0.4, 0.5) is 0 Å². The van der Waals surface area contributed by atoms with E-state index in [-0.39, 0.29) is 17.9 Å². The maximum atomic E-state index is 12.1. The quantitative estimate of drug-likeness (QED) is 0.889. The lowest BCUT2D eigenvalue weighted by Gasteiger charge is -2.27. The van der Waals surface area contributed by atoms with E-state index in [4.69, 9.17) is 0 Å². The smallest absolute Gasteiger partial charge is 0.267 e. The summed E-state index contributed by atoms with van der Waals surface area (Å²) in [7, 11) is 0. The number of H-pyrrole nitrogens is 1. The fourth-order valence-corrected chi connectivity index (χ4v) is 3.46. The molecule has 21 heavy (non-hydrogen) atoms. The molecular formula is C16H23N3O2. The minimum absolute atomic E-state index is 0.0584. The first-order valence-corrected chi connectivity index (χ1v) is 7.94. The van der Waals surface area contributed by atoms with Crippen LogP contribution < -0.4 is 5.32 Å². The molecule has 2 amide bonds. The number of amides is 2. The van der Waals surface area contributed by atoms with Crippen LogP contribution in [-0.4, -0.2) is 40.8 Å². The molecule has 0 bridgehead atoms. The van der Waals surface area contributed by atoms with Gasteiger partial charge in [0.15, 0.2) is 0 Å². The van der Waals surface area contributed by atoms with E-state index in [2.05, 4.69) is 10.3 Å². The maximum Gasteiger partial charge on any atom is 0.267 e. The summed E-state index contributed by atoms with van der Waals surface area (Å²) < 4.78 is 0. The first-order valence-electron chi connectivity index (χ1n) is 7.94. The van der Waals surface area contributed by atoms with Gasteiger partial charge in [-0.25, -0.2) is 0 Å². The number of hydrogen-bond donors (Lipinski definition) is 2. The van der Waals surface area contributed by atoms with Crippen molar-refractivity contribution in [3.05, 3.63) is 24.0 Å². The Bertz CT molecular complexity index is 492. The van der Waals surface area contributed by atoms with Crippen molar-refractivity contribution >= 4 is 11.8 Å². The minimum Gasteiger partial charge on any atom is -0.357 e. The maximum absolute atomic E-state index is 12.1. The Labute approximate surface area is 125 Å². The van der Waals surface area contributed by atoms with E-state index < -0.39 is 0 Å². The van der Waals surface area contributed by atoms with Crippen molar-refractivity contribution < 1.29 is 9.59 Å². The molecule has 5 nitrogen and oxygen atoms in total. The van der Waals surface area contributed by atoms with Crippen molar-refractivity contribution in [2.75, 3.05) is 13.1 Å². The molecule has 5 heteroatoms. The Morgan fingerprint density at radius 3 is 2.86 bits per heavy atom. The Morgan fingerprint density at radius 2 is 2.14 bits per heavy atom. The average molecular weight is 289 g/mol. The van der Waals surface area contributed by atoms with Crippen molar-refractivity contribution in [2.24, 2.45) is 5.92 Å². The zero-order valence-corrected chi connectivity index (χ0v) is 12.3. The normalized spacial score (nSPS) is 23.5. The van der Waals surface area contributed by atoms with E-state index in [0.717, 1.165) is 6.54 Å². The molecule has 3 rings (SSSR count). The van der Waals surface area contributed by atoms with Gasteiger partial charge in [0, 0.05) is 25.7 Å². The van der Waals surface area contributed by atoms with Gasteiger partial charge in [0.2, 0.25) is 5.91 Å². The summed E-state index contributed by atoms with van der Waals surface area (Å²) in [6.07, 6.45) is 8.55. The Balaban J connectivity index is 1.51. The predicted molar refractivity (Wildman–Crippen MR) is 79.8 cm³/mol. The lowest BCUT2D eigenvalue weighted by molar-refractivity contribution is -0.128. The van der Waals surface area contributed by atoms with Crippen LogP contribution in [0, 0.1) is 5.92 Å². The Hall–Kier alpha value is -1.78. The molecule has 2 N–H and O–H groups in total. The molecule has 0 spiro atoms. The molecule has 0 unspecified atom stereocenters. The summed E-state index contributed by atoms with van der Waals surface area (Å²) in [5.41, 5.74) is 0.549. The minimum atomic E-state index is -0.127. The SMILES string of the molecule is O=C(N[C@@H]1CC(=O)N(CC2CCCCC2)C1)c1ccc[nH]1. The second-order valence-corrected chi connectivity index (χ2v) is 6.26. The van der Waals surface area contributed by atoms with E-state index >= 15 is 0 Å². The highest BCUT2D eigenvalue weighted by Crippen LogP contribution is 2.26. The lowest BCUT2D eigenvalue weighted by Crippen LogP contribution is -2.38. The molecule has 1 atom stereocenters. The van der Waals surface area contributed by atoms with E-state index in [0.29, 0.717) is 24.6 Å². The summed E-state index contributed by atoms with van der Waals surface area (Å²) >= 11 is 0. The molecule has 1 aliphatic heterocycles. The topological polar surface area (TPSA) is 65.2 Å². The van der Waals surface area contributed by atoms with Gasteiger partial charge in [-0.2, -0.15) is 0 Å². The van der Waals surface area contributed by atoms with Crippen molar-refractivity contribution in [3.8, 4) is 0 Å². The van der Waals surface area contributed by atoms with Gasteiger partial charge in [-0.05, 0) is 30.9 Å². The number of rotatable bonds is 4. The third-order valence-corrected chi connectivity index (χ3v) is 4.60. The average Bonchev–Trinajstić information content (AvgIpc) is 3.11. The number of hydrogen-bond acceptors (Lipinski definition) is 2. The van der Waals surface area contributed by atoms with Gasteiger partial charge in [0.25, 0.3) is 5.91 Å². The fraction of sp³-hybridized carbons (Fsp3) is 0.625. The van der Waals surface area contributed by atoms with Gasteiger partial charge in [0.1, 0.15) is 5.69 Å². The molecule has 1 aromatic rings. The molecule has 1 saturated heterocycles. The van der Waals surface area contributed by atoms with Crippen LogP contribution in [0.3, 0.4) is 0 Å². The highest BCUT2D eigenvalue weighted by Gasteiger charge is 2.32. The van der Waals surface area contributed by atoms with Crippen LogP contribution in [0.2, 0.25) is 0 Å². The largest absolute Gasteiger partial charge is 0.357 e. The molecule has 2 heterocycles. The molecule has 1 aromatic heterocycles. The van der Waals surface area contributed by atoms with Crippen molar-refractivity contribution in [2.45, 2.75) is 44.6 Å². The molecule has 2 aliphatic rings. The van der Waals surface area contributed by atoms with Crippen LogP contribution in [0.15, 0.2) is 18.3 Å². The molecule has 0 radical (unpaired) electrons. The number of aromatic nitrogens is 1. The fourth-order valence-electron chi connectivity index (χ4n) is 3.46. The zero-order valence-electron chi connectivity index (χ0n) is 12.3. The Morgan fingerprint density at radius 1 is 1.33 bits per heavy atom. The van der Waals surface area contributed by atoms with Crippen molar-refractivity contribution in [3.63, 3.8) is 0 Å². The van der Waals surface area contributed by atoms with Gasteiger partial charge in [-0.15, -0.1) is 0 Å². The van der Waals surface area contributed by atoms with Crippen LogP contribution in [0.25, 0.3) is 0 Å². The van der Waals surface area contributed by atoms with E-state index in [9.17, 15) is 9.59 Å². The molecule has 0 aromatic carbocycles. The molecular weight excluding hydrogens is 266 g/mol. The lowest BCUT2D eigenvalue weighted by atomic mass is 9.89. The van der Waals surface area contributed by atoms with Gasteiger partial charge in [-0.3, -0.25) is 9.59 Å². The first kappa shape index (κ1) is 14.2. The number of nitrogens with zero attached hydrogens (tertiary/aromatic N) is 1. The summed E-state index contributed by atoms with van der Waals surface area (Å²) in [5, 5.41) is 2.95. The summed E-state index contributed by atoms with van der Waals surface area (Å²) in [6, 6.07) is 3.48. The number of nitrogens with one attached hydrogen (secondary N) is 2. The van der Waals surface area contributed by atoms with E-state index in [1.807, 2.05) is 4.90 Å². The number of carbonyl (C=O) groups excluding carboxylic acids is 2. The highest BCUT2D eigenvalue weighted by molar-refractivity contribution is 5.93. The monoisotopic (exact) mass is 289 g/mol. The Kier molecular flexibility index (Phi) is 4.27. The highest BCUT2D eigenvalue weighted by atomic mass is 16.2. The number of aromatic amines is 1. The second-order valence-electron chi connectivity index (χ2n) is 6.26. The van der Waals surface area contributed by atoms with Crippen molar-refractivity contribution in [1.29, 1.82) is 0 Å². The van der Waals surface area contributed by atoms with Gasteiger partial charge < -0.3 is 15.2 Å². The van der Waals surface area contributed by atoms with Crippen LogP contribution in [0.5, 0.6) is 0 Å². The van der Waals surface area contributed by atoms with Crippen LogP contribution in [-0.2, 0) is 4.79 Å². The van der Waals surface area contributed by atoms with Crippen LogP contribution >= 0.6 is 0 Å². The summed E-state index contributed by atoms with van der Waals surface area (Å²) in [4.78, 5) is 28.9. The number of likely N-dealkylation sites (tertiary alicyclic amines) is 1. The third-order valence-electron chi connectivity index (χ3n) is 4.60. The summed E-state index contributed by atoms with van der Waals surface area (Å²) in [6.45, 7) is 1.52. The zero-order chi connectivity index (χ0) is 14.7. The third kappa shape index (κ3) is 3.46. The predicted octanol–water partition coefficient (Wildman–Crippen LogP) is 1.93. The molecule has 114 valence electrons. The second kappa shape index (κ2) is 6.33. The van der Waals surface area contributed by atoms with E-state index in [1.165, 1.54) is 32.1 Å². The van der Waals surface area contributed by atoms with Gasteiger partial charge >= 0.3 is 0 Å². The standard InChI is InChI=1S/C16H23N3O2/c20-15-9-13(18-16(21)14-7-4-8-17-14)11-19(15)10-12-5-2-1-3-6-12/h4,7-8,12-13,17H,1-3,5-6,9-11H2,(H,18,21)/t13-/m1/s1. The molecule has 1 aliphatic carbocycles. The van der Waals surface area contributed by atoms with E-state index in [1.54, 1.807) is 18.3 Å². The first-order chi connectivity index (χ1) is 10.2. The van der Waals surface area contributed by atoms with Gasteiger partial charge in [0.05, 0.1) is 6.04 Å².